The smallest absolute Gasteiger partial charge is 0.249 e. The highest BCUT2D eigenvalue weighted by atomic mass is 16.5. The minimum atomic E-state index is -1.44. The van der Waals surface area contributed by atoms with E-state index in [2.05, 4.69) is 0 Å². The van der Waals surface area contributed by atoms with Crippen LogP contribution in [0.3, 0.4) is 0 Å². The van der Waals surface area contributed by atoms with Crippen molar-refractivity contribution in [3.63, 3.8) is 0 Å². The summed E-state index contributed by atoms with van der Waals surface area (Å²) in [6.45, 7) is 4.81. The highest BCUT2D eigenvalue weighted by molar-refractivity contribution is 6.04. The molecule has 1 unspecified atom stereocenters. The van der Waals surface area contributed by atoms with Gasteiger partial charge in [0.25, 0.3) is 0 Å². The average molecular weight is 634 g/mol. The lowest BCUT2D eigenvalue weighted by molar-refractivity contribution is -0.154. The molecule has 7 rings (SSSR count). The molecule has 4 aliphatic rings. The zero-order valence-electron chi connectivity index (χ0n) is 26.6. The van der Waals surface area contributed by atoms with Gasteiger partial charge in [0.05, 0.1) is 36.7 Å². The van der Waals surface area contributed by atoms with Crippen molar-refractivity contribution in [1.29, 1.82) is 0 Å². The Balaban J connectivity index is 1.34. The Morgan fingerprint density at radius 1 is 0.851 bits per heavy atom. The molecule has 1 N–H and O–H groups in total. The molecule has 0 aromatic heterocycles. The average Bonchev–Trinajstić information content (AvgIpc) is 3.36. The fourth-order valence-corrected chi connectivity index (χ4v) is 7.94. The van der Waals surface area contributed by atoms with Gasteiger partial charge in [0.1, 0.15) is 17.4 Å². The van der Waals surface area contributed by atoms with E-state index in [1.54, 1.807) is 9.80 Å². The number of nitrogens with zero attached hydrogens (tertiary/aromatic N) is 3. The third-order valence-electron chi connectivity index (χ3n) is 9.95. The van der Waals surface area contributed by atoms with Crippen LogP contribution in [0.4, 0.5) is 5.69 Å². The maximum absolute atomic E-state index is 15.0. The van der Waals surface area contributed by atoms with Crippen molar-refractivity contribution in [3.05, 3.63) is 120 Å². The second kappa shape index (κ2) is 12.1. The minimum absolute atomic E-state index is 0.260. The monoisotopic (exact) mass is 633 g/mol. The largest absolute Gasteiger partial charge is 0.494 e. The second-order valence-electron chi connectivity index (χ2n) is 12.7. The van der Waals surface area contributed by atoms with Gasteiger partial charge in [-0.2, -0.15) is 0 Å². The number of benzene rings is 3. The number of likely N-dealkylation sites (tertiary alicyclic amines) is 1. The van der Waals surface area contributed by atoms with E-state index in [9.17, 15) is 19.5 Å². The van der Waals surface area contributed by atoms with Crippen molar-refractivity contribution in [2.45, 2.75) is 43.7 Å². The van der Waals surface area contributed by atoms with E-state index in [1.165, 1.54) is 4.90 Å². The third-order valence-corrected chi connectivity index (χ3v) is 9.95. The van der Waals surface area contributed by atoms with Gasteiger partial charge in [-0.25, -0.2) is 0 Å². The van der Waals surface area contributed by atoms with E-state index in [0.717, 1.165) is 5.56 Å². The first kappa shape index (κ1) is 30.9. The van der Waals surface area contributed by atoms with Crippen LogP contribution in [0.5, 0.6) is 5.75 Å². The first-order chi connectivity index (χ1) is 22.8. The Bertz CT molecular complexity index is 1710. The first-order valence-electron chi connectivity index (χ1n) is 16.2. The molecule has 2 saturated heterocycles. The number of amides is 3. The summed E-state index contributed by atoms with van der Waals surface area (Å²) in [6, 6.07) is 24.3. The lowest BCUT2D eigenvalue weighted by atomic mass is 9.74. The molecule has 0 bridgehead atoms. The van der Waals surface area contributed by atoms with Crippen molar-refractivity contribution in [2.75, 3.05) is 31.2 Å². The summed E-state index contributed by atoms with van der Waals surface area (Å²) in [5.74, 6) is -2.17. The van der Waals surface area contributed by atoms with Crippen LogP contribution in [0.25, 0.3) is 0 Å². The maximum Gasteiger partial charge on any atom is 0.249 e. The van der Waals surface area contributed by atoms with Crippen LogP contribution >= 0.6 is 0 Å². The molecule has 242 valence electrons. The van der Waals surface area contributed by atoms with Crippen LogP contribution in [0.15, 0.2) is 109 Å². The van der Waals surface area contributed by atoms with Gasteiger partial charge in [0.15, 0.2) is 0 Å². The van der Waals surface area contributed by atoms with E-state index in [4.69, 9.17) is 9.47 Å². The number of carbonyl (C=O) groups excluding carboxylic acids is 3. The minimum Gasteiger partial charge on any atom is -0.494 e. The van der Waals surface area contributed by atoms with E-state index >= 15 is 0 Å². The van der Waals surface area contributed by atoms with Crippen molar-refractivity contribution >= 4 is 23.4 Å². The van der Waals surface area contributed by atoms with Crippen LogP contribution in [0.2, 0.25) is 0 Å². The number of anilines is 1. The summed E-state index contributed by atoms with van der Waals surface area (Å²) in [4.78, 5) is 49.4. The van der Waals surface area contributed by atoms with Crippen molar-refractivity contribution in [2.24, 2.45) is 11.8 Å². The first-order valence-corrected chi connectivity index (χ1v) is 16.2. The Hall–Kier alpha value is -4.73. The summed E-state index contributed by atoms with van der Waals surface area (Å²) >= 11 is 0. The van der Waals surface area contributed by atoms with E-state index in [-0.39, 0.29) is 17.7 Å². The van der Waals surface area contributed by atoms with Crippen molar-refractivity contribution < 1.29 is 29.0 Å². The highest BCUT2D eigenvalue weighted by Crippen LogP contribution is 2.59. The van der Waals surface area contributed by atoms with Crippen molar-refractivity contribution in [1.82, 2.24) is 9.80 Å². The van der Waals surface area contributed by atoms with E-state index in [0.29, 0.717) is 43.2 Å². The molecule has 0 radical (unpaired) electrons. The van der Waals surface area contributed by atoms with Crippen LogP contribution in [0.1, 0.15) is 31.0 Å². The predicted molar refractivity (Wildman–Crippen MR) is 176 cm³/mol. The molecule has 0 aliphatic carbocycles. The fourth-order valence-electron chi connectivity index (χ4n) is 7.94. The molecule has 1 spiro atoms. The van der Waals surface area contributed by atoms with Gasteiger partial charge in [0.2, 0.25) is 17.7 Å². The van der Waals surface area contributed by atoms with Gasteiger partial charge in [-0.05, 0) is 49.2 Å². The molecular formula is C38H39N3O6. The molecule has 3 amide bonds. The van der Waals surface area contributed by atoms with Crippen LogP contribution in [-0.4, -0.2) is 76.2 Å². The van der Waals surface area contributed by atoms with Gasteiger partial charge in [-0.15, -0.1) is 0 Å². The molecule has 2 fully saturated rings. The van der Waals surface area contributed by atoms with Crippen LogP contribution < -0.4 is 9.64 Å². The SMILES string of the molecule is CCOc1ccc(N2CC=C[C@@]3(C)O[C@]45C=CCN(Cc6ccccc6)C(=O)C4N([C@H](CO)c4ccccc4)C(=O)[C@@H]5[C@H]3C2=O)cc1. The summed E-state index contributed by atoms with van der Waals surface area (Å²) in [5.41, 5.74) is -0.287. The molecule has 9 nitrogen and oxygen atoms in total. The number of hydrogen-bond acceptors (Lipinski definition) is 6. The van der Waals surface area contributed by atoms with Gasteiger partial charge in [0, 0.05) is 25.3 Å². The lowest BCUT2D eigenvalue weighted by Gasteiger charge is -2.40. The number of aliphatic hydroxyl groups is 1. The molecule has 3 aromatic carbocycles. The Labute approximate surface area is 274 Å². The number of fused-ring (bicyclic) bond motifs is 2. The van der Waals surface area contributed by atoms with Gasteiger partial charge in [-0.1, -0.05) is 85.0 Å². The summed E-state index contributed by atoms with van der Waals surface area (Å²) < 4.78 is 12.6. The van der Waals surface area contributed by atoms with E-state index < -0.39 is 41.7 Å². The maximum atomic E-state index is 15.0. The zero-order chi connectivity index (χ0) is 32.8. The van der Waals surface area contributed by atoms with Crippen LogP contribution in [0, 0.1) is 11.8 Å². The standard InChI is InChI=1S/C38H39N3O6/c1-3-46-29-18-16-28(17-19-29)40-23-10-20-37(2)31(34(40)43)32-35(44)41(30(25-42)27-14-8-5-9-15-27)33-36(45)39(22-11-21-38(32,33)47-37)24-26-12-6-4-7-13-26/h4-21,30-33,42H,3,22-25H2,1-2H3/t30-,31+,32+,33?,37-,38+/m1/s1. The number of hydrogen-bond donors (Lipinski definition) is 1. The fraction of sp³-hybridized carbons (Fsp3) is 0.342. The molecule has 3 aromatic rings. The molecule has 4 heterocycles. The Morgan fingerprint density at radius 3 is 2.21 bits per heavy atom. The predicted octanol–water partition coefficient (Wildman–Crippen LogP) is 4.29. The molecular weight excluding hydrogens is 594 g/mol. The third kappa shape index (κ3) is 5.05. The molecule has 6 atom stereocenters. The van der Waals surface area contributed by atoms with Crippen molar-refractivity contribution in [3.8, 4) is 5.75 Å². The zero-order valence-corrected chi connectivity index (χ0v) is 26.6. The number of carbonyl (C=O) groups is 3. The molecule has 0 saturated carbocycles. The number of ether oxygens (including phenoxy) is 2. The van der Waals surface area contributed by atoms with E-state index in [1.807, 2.05) is 123 Å². The quantitative estimate of drug-likeness (QED) is 0.372. The molecule has 47 heavy (non-hydrogen) atoms. The molecule has 4 aliphatic heterocycles. The summed E-state index contributed by atoms with van der Waals surface area (Å²) in [5, 5.41) is 10.8. The highest BCUT2D eigenvalue weighted by Gasteiger charge is 2.75. The number of rotatable bonds is 8. The molecule has 9 heteroatoms. The summed E-state index contributed by atoms with van der Waals surface area (Å²) in [6.07, 6.45) is 7.49. The Morgan fingerprint density at radius 2 is 1.53 bits per heavy atom. The second-order valence-corrected chi connectivity index (χ2v) is 12.7. The topological polar surface area (TPSA) is 99.6 Å². The lowest BCUT2D eigenvalue weighted by Crippen LogP contribution is -2.56. The van der Waals surface area contributed by atoms with Gasteiger partial charge < -0.3 is 29.3 Å². The van der Waals surface area contributed by atoms with Crippen LogP contribution in [-0.2, 0) is 25.7 Å². The number of aliphatic hydroxyl groups excluding tert-OH is 1. The van der Waals surface area contributed by atoms with Gasteiger partial charge >= 0.3 is 0 Å². The van der Waals surface area contributed by atoms with Gasteiger partial charge in [-0.3, -0.25) is 14.4 Å². The normalized spacial score (nSPS) is 28.9. The summed E-state index contributed by atoms with van der Waals surface area (Å²) in [7, 11) is 0. The Kier molecular flexibility index (Phi) is 7.98.